The zero-order chi connectivity index (χ0) is 20.6. The third kappa shape index (κ3) is 5.85. The number of ether oxygens (including phenoxy) is 2. The summed E-state index contributed by atoms with van der Waals surface area (Å²) in [6, 6.07) is 25.5. The molecule has 0 spiro atoms. The molecule has 1 atom stereocenters. The highest BCUT2D eigenvalue weighted by Gasteiger charge is 2.18. The van der Waals surface area contributed by atoms with Gasteiger partial charge in [-0.25, -0.2) is 4.79 Å². The fraction of sp³-hybridized carbons (Fsp3) is 0.240. The van der Waals surface area contributed by atoms with Gasteiger partial charge in [-0.2, -0.15) is 0 Å². The second-order valence-electron chi connectivity index (χ2n) is 7.18. The molecule has 0 radical (unpaired) electrons. The van der Waals surface area contributed by atoms with Gasteiger partial charge in [-0.15, -0.1) is 0 Å². The van der Waals surface area contributed by atoms with Gasteiger partial charge in [-0.05, 0) is 48.7 Å². The van der Waals surface area contributed by atoms with Crippen molar-refractivity contribution in [3.05, 3.63) is 95.6 Å². The smallest absolute Gasteiger partial charge is 0.414 e. The Morgan fingerprint density at radius 1 is 0.931 bits per heavy atom. The average molecular weight is 389 g/mol. The number of carbonyl (C=O) groups excluding carboxylic acids is 1. The Kier molecular flexibility index (Phi) is 6.90. The van der Waals surface area contributed by atoms with Crippen LogP contribution in [-0.4, -0.2) is 24.6 Å². The molecular weight excluding hydrogens is 362 g/mol. The molecule has 0 aliphatic rings. The van der Waals surface area contributed by atoms with Crippen molar-refractivity contribution >= 4 is 6.09 Å². The minimum atomic E-state index is -0.377. The van der Waals surface area contributed by atoms with Crippen LogP contribution in [0.2, 0.25) is 0 Å². The number of aryl methyl sites for hydroxylation is 2. The van der Waals surface area contributed by atoms with Crippen LogP contribution in [0.4, 0.5) is 4.79 Å². The molecular formula is C25H27NO3. The summed E-state index contributed by atoms with van der Waals surface area (Å²) in [4.78, 5) is 14.0. The molecule has 3 rings (SSSR count). The minimum absolute atomic E-state index is 0.161. The van der Waals surface area contributed by atoms with E-state index in [9.17, 15) is 4.79 Å². The minimum Gasteiger partial charge on any atom is -0.485 e. The topological polar surface area (TPSA) is 38.8 Å². The van der Waals surface area contributed by atoms with Gasteiger partial charge in [0.1, 0.15) is 17.6 Å². The van der Waals surface area contributed by atoms with E-state index in [0.717, 1.165) is 22.4 Å². The Labute approximate surface area is 172 Å². The van der Waals surface area contributed by atoms with E-state index in [4.69, 9.17) is 9.47 Å². The molecule has 1 unspecified atom stereocenters. The molecule has 29 heavy (non-hydrogen) atoms. The molecule has 0 saturated heterocycles. The number of benzene rings is 3. The van der Waals surface area contributed by atoms with Gasteiger partial charge in [0.15, 0.2) is 0 Å². The van der Waals surface area contributed by atoms with Gasteiger partial charge in [0.05, 0.1) is 0 Å². The lowest BCUT2D eigenvalue weighted by atomic mass is 10.1. The number of carbonyl (C=O) groups is 1. The van der Waals surface area contributed by atoms with Crippen LogP contribution in [0.5, 0.6) is 11.5 Å². The van der Waals surface area contributed by atoms with E-state index in [2.05, 4.69) is 0 Å². The van der Waals surface area contributed by atoms with E-state index >= 15 is 0 Å². The van der Waals surface area contributed by atoms with Crippen molar-refractivity contribution in [3.63, 3.8) is 0 Å². The summed E-state index contributed by atoms with van der Waals surface area (Å²) < 4.78 is 11.8. The predicted molar refractivity (Wildman–Crippen MR) is 115 cm³/mol. The zero-order valence-electron chi connectivity index (χ0n) is 17.2. The fourth-order valence-electron chi connectivity index (χ4n) is 3.06. The van der Waals surface area contributed by atoms with Gasteiger partial charge in [-0.1, -0.05) is 60.7 Å². The van der Waals surface area contributed by atoms with Crippen molar-refractivity contribution < 1.29 is 14.3 Å². The first-order valence-electron chi connectivity index (χ1n) is 9.80. The lowest BCUT2D eigenvalue weighted by molar-refractivity contribution is 0.145. The highest BCUT2D eigenvalue weighted by atomic mass is 16.6. The van der Waals surface area contributed by atoms with Gasteiger partial charge >= 0.3 is 6.09 Å². The molecule has 150 valence electrons. The van der Waals surface area contributed by atoms with Crippen LogP contribution in [0, 0.1) is 13.8 Å². The molecule has 0 N–H and O–H groups in total. The van der Waals surface area contributed by atoms with Crippen LogP contribution in [0.15, 0.2) is 78.9 Å². The molecule has 0 fully saturated rings. The Bertz CT molecular complexity index is 940. The number of rotatable bonds is 7. The normalized spacial score (nSPS) is 11.6. The van der Waals surface area contributed by atoms with Crippen molar-refractivity contribution in [1.29, 1.82) is 0 Å². The van der Waals surface area contributed by atoms with Crippen LogP contribution in [0.25, 0.3) is 0 Å². The van der Waals surface area contributed by atoms with Gasteiger partial charge in [-0.3, -0.25) is 0 Å². The molecule has 1 amide bonds. The summed E-state index contributed by atoms with van der Waals surface area (Å²) in [6.07, 6.45) is 0.113. The number of nitrogens with zero attached hydrogens (tertiary/aromatic N) is 1. The maximum Gasteiger partial charge on any atom is 0.414 e. The fourth-order valence-corrected chi connectivity index (χ4v) is 3.06. The van der Waals surface area contributed by atoms with Crippen LogP contribution in [0.1, 0.15) is 29.2 Å². The molecule has 3 aromatic rings. The van der Waals surface area contributed by atoms with Crippen molar-refractivity contribution in [2.45, 2.75) is 26.4 Å². The van der Waals surface area contributed by atoms with Gasteiger partial charge < -0.3 is 14.4 Å². The molecule has 4 heteroatoms. The summed E-state index contributed by atoms with van der Waals surface area (Å²) in [7, 11) is 1.74. The number of para-hydroxylation sites is 1. The third-order valence-electron chi connectivity index (χ3n) is 4.77. The van der Waals surface area contributed by atoms with Gasteiger partial charge in [0.25, 0.3) is 0 Å². The lowest BCUT2D eigenvalue weighted by Gasteiger charge is -2.24. The highest BCUT2D eigenvalue weighted by Crippen LogP contribution is 2.27. The zero-order valence-corrected chi connectivity index (χ0v) is 17.2. The van der Waals surface area contributed by atoms with Gasteiger partial charge in [0.2, 0.25) is 0 Å². The van der Waals surface area contributed by atoms with Crippen LogP contribution in [-0.2, 0) is 0 Å². The Morgan fingerprint density at radius 2 is 1.66 bits per heavy atom. The highest BCUT2D eigenvalue weighted by molar-refractivity contribution is 5.70. The Hall–Kier alpha value is -3.27. The summed E-state index contributed by atoms with van der Waals surface area (Å²) in [5.41, 5.74) is 3.21. The number of amides is 1. The molecule has 3 aromatic carbocycles. The maximum absolute atomic E-state index is 12.4. The third-order valence-corrected chi connectivity index (χ3v) is 4.77. The van der Waals surface area contributed by atoms with E-state index in [1.807, 2.05) is 86.6 Å². The van der Waals surface area contributed by atoms with Crippen LogP contribution >= 0.6 is 0 Å². The maximum atomic E-state index is 12.4. The predicted octanol–water partition coefficient (Wildman–Crippen LogP) is 5.94. The van der Waals surface area contributed by atoms with E-state index < -0.39 is 0 Å². The van der Waals surface area contributed by atoms with E-state index in [-0.39, 0.29) is 12.2 Å². The molecule has 0 saturated carbocycles. The lowest BCUT2D eigenvalue weighted by Crippen LogP contribution is -2.32. The second kappa shape index (κ2) is 9.78. The largest absolute Gasteiger partial charge is 0.485 e. The quantitative estimate of drug-likeness (QED) is 0.502. The van der Waals surface area contributed by atoms with E-state index in [1.165, 1.54) is 0 Å². The SMILES string of the molecule is Cc1cccc(OC(=O)N(C)CCC(Oc2ccccc2C)c2ccccc2)c1. The monoisotopic (exact) mass is 389 g/mol. The molecule has 0 bridgehead atoms. The molecule has 0 aliphatic carbocycles. The van der Waals surface area contributed by atoms with Crippen LogP contribution in [0.3, 0.4) is 0 Å². The Morgan fingerprint density at radius 3 is 2.38 bits per heavy atom. The molecule has 4 nitrogen and oxygen atoms in total. The van der Waals surface area contributed by atoms with Crippen molar-refractivity contribution in [1.82, 2.24) is 4.90 Å². The van der Waals surface area contributed by atoms with Crippen molar-refractivity contribution in [2.75, 3.05) is 13.6 Å². The van der Waals surface area contributed by atoms with Crippen LogP contribution < -0.4 is 9.47 Å². The van der Waals surface area contributed by atoms with E-state index in [1.54, 1.807) is 18.0 Å². The van der Waals surface area contributed by atoms with E-state index in [0.29, 0.717) is 18.7 Å². The van der Waals surface area contributed by atoms with Crippen molar-refractivity contribution in [2.24, 2.45) is 0 Å². The van der Waals surface area contributed by atoms with Crippen molar-refractivity contribution in [3.8, 4) is 11.5 Å². The second-order valence-corrected chi connectivity index (χ2v) is 7.18. The Balaban J connectivity index is 1.66. The summed E-state index contributed by atoms with van der Waals surface area (Å²) >= 11 is 0. The summed E-state index contributed by atoms with van der Waals surface area (Å²) in [6.45, 7) is 4.51. The van der Waals surface area contributed by atoms with Gasteiger partial charge in [0, 0.05) is 20.0 Å². The number of hydrogen-bond donors (Lipinski definition) is 0. The first-order chi connectivity index (χ1) is 14.0. The summed E-state index contributed by atoms with van der Waals surface area (Å²) in [5, 5.41) is 0. The average Bonchev–Trinajstić information content (AvgIpc) is 2.72. The first-order valence-corrected chi connectivity index (χ1v) is 9.80. The summed E-state index contributed by atoms with van der Waals surface area (Å²) in [5.74, 6) is 1.41. The number of hydrogen-bond acceptors (Lipinski definition) is 3. The first kappa shape index (κ1) is 20.5. The molecule has 0 aromatic heterocycles. The molecule has 0 aliphatic heterocycles. The standard InChI is InChI=1S/C25H27NO3/c1-19-10-9-14-22(18-19)28-25(27)26(3)17-16-24(21-12-5-4-6-13-21)29-23-15-8-7-11-20(23)2/h4-15,18,24H,16-17H2,1-3H3. The molecule has 0 heterocycles.